The van der Waals surface area contributed by atoms with Crippen LogP contribution in [0.5, 0.6) is 0 Å². The lowest BCUT2D eigenvalue weighted by Gasteiger charge is -1.95. The molecule has 60 valence electrons. The second-order valence-electron chi connectivity index (χ2n) is 1.97. The minimum atomic E-state index is -1.20. The zero-order chi connectivity index (χ0) is 9.14. The number of nitriles is 1. The average Bonchev–Trinajstić information content (AvgIpc) is 2.03. The first-order valence-electron chi connectivity index (χ1n) is 2.94. The Hall–Kier alpha value is -1.60. The molecule has 0 aromatic carbocycles. The first-order chi connectivity index (χ1) is 5.65. The fourth-order valence-corrected chi connectivity index (χ4v) is 0.904. The Bertz CT molecular complexity index is 370. The molecule has 0 radical (unpaired) electrons. The smallest absolute Gasteiger partial charge is 0.356 e. The molecule has 1 aromatic rings. The molecule has 0 amide bonds. The largest absolute Gasteiger partial charge is 0.476 e. The van der Waals surface area contributed by atoms with Crippen LogP contribution in [0.25, 0.3) is 0 Å². The van der Waals surface area contributed by atoms with E-state index in [9.17, 15) is 4.79 Å². The Morgan fingerprint density at radius 2 is 2.42 bits per heavy atom. The van der Waals surface area contributed by atoms with E-state index in [2.05, 4.69) is 4.98 Å². The number of pyridine rings is 1. The van der Waals surface area contributed by atoms with E-state index in [1.54, 1.807) is 6.07 Å². The fraction of sp³-hybridized carbons (Fsp3) is 0. The number of rotatable bonds is 1. The number of carboxylic acid groups (broad SMARTS) is 1. The normalized spacial score (nSPS) is 9.00. The lowest BCUT2D eigenvalue weighted by Crippen LogP contribution is -2.01. The van der Waals surface area contributed by atoms with Crippen molar-refractivity contribution < 1.29 is 9.90 Å². The zero-order valence-corrected chi connectivity index (χ0v) is 6.54. The van der Waals surface area contributed by atoms with Crippen molar-refractivity contribution in [3.8, 4) is 6.07 Å². The van der Waals surface area contributed by atoms with E-state index in [0.717, 1.165) is 6.20 Å². The molecule has 0 saturated heterocycles. The molecular weight excluding hydrogens is 180 g/mol. The highest BCUT2D eigenvalue weighted by Gasteiger charge is 2.10. The highest BCUT2D eigenvalue weighted by Crippen LogP contribution is 2.14. The van der Waals surface area contributed by atoms with E-state index >= 15 is 0 Å². The van der Waals surface area contributed by atoms with Crippen LogP contribution in [0.2, 0.25) is 5.02 Å². The second kappa shape index (κ2) is 3.20. The maximum Gasteiger partial charge on any atom is 0.356 e. The maximum absolute atomic E-state index is 10.4. The zero-order valence-electron chi connectivity index (χ0n) is 5.78. The molecule has 4 nitrogen and oxygen atoms in total. The Kier molecular flexibility index (Phi) is 2.26. The van der Waals surface area contributed by atoms with Crippen LogP contribution in [0.1, 0.15) is 16.1 Å². The van der Waals surface area contributed by atoms with E-state index in [1.807, 2.05) is 0 Å². The van der Waals surface area contributed by atoms with Gasteiger partial charge in [-0.25, -0.2) is 9.78 Å². The summed E-state index contributed by atoms with van der Waals surface area (Å²) in [5.41, 5.74) is 0.000617. The van der Waals surface area contributed by atoms with Crippen molar-refractivity contribution in [1.82, 2.24) is 4.98 Å². The quantitative estimate of drug-likeness (QED) is 0.711. The number of carboxylic acids is 1. The summed E-state index contributed by atoms with van der Waals surface area (Å²) in [6.45, 7) is 0. The van der Waals surface area contributed by atoms with Gasteiger partial charge in [0, 0.05) is 6.20 Å². The van der Waals surface area contributed by atoms with Crippen molar-refractivity contribution in [2.45, 2.75) is 0 Å². The fourth-order valence-electron chi connectivity index (χ4n) is 0.656. The SMILES string of the molecule is N#Cc1cnc(C(=O)O)c(Cl)c1. The Morgan fingerprint density at radius 1 is 1.75 bits per heavy atom. The molecule has 0 fully saturated rings. The van der Waals surface area contributed by atoms with Crippen molar-refractivity contribution in [3.05, 3.63) is 28.5 Å². The molecule has 0 aliphatic heterocycles. The van der Waals surface area contributed by atoms with Gasteiger partial charge in [0.25, 0.3) is 0 Å². The molecule has 0 spiro atoms. The third-order valence-electron chi connectivity index (χ3n) is 1.17. The average molecular weight is 183 g/mol. The van der Waals surface area contributed by atoms with Crippen LogP contribution in [0.15, 0.2) is 12.3 Å². The standard InChI is InChI=1S/C7H3ClN2O2/c8-5-1-4(2-9)3-10-6(5)7(11)12/h1,3H,(H,11,12). The summed E-state index contributed by atoms with van der Waals surface area (Å²) in [6.07, 6.45) is 1.16. The van der Waals surface area contributed by atoms with Gasteiger partial charge in [0.15, 0.2) is 5.69 Å². The lowest BCUT2D eigenvalue weighted by atomic mass is 10.3. The molecule has 1 aromatic heterocycles. The van der Waals surface area contributed by atoms with Gasteiger partial charge in [0.05, 0.1) is 10.6 Å². The van der Waals surface area contributed by atoms with Crippen LogP contribution >= 0.6 is 11.6 Å². The first kappa shape index (κ1) is 8.50. The van der Waals surface area contributed by atoms with Crippen molar-refractivity contribution in [1.29, 1.82) is 5.26 Å². The van der Waals surface area contributed by atoms with Crippen LogP contribution in [-0.4, -0.2) is 16.1 Å². The molecular formula is C7H3ClN2O2. The van der Waals surface area contributed by atoms with E-state index in [1.165, 1.54) is 6.07 Å². The summed E-state index contributed by atoms with van der Waals surface area (Å²) in [5, 5.41) is 16.9. The van der Waals surface area contributed by atoms with Crippen molar-refractivity contribution in [3.63, 3.8) is 0 Å². The summed E-state index contributed by atoms with van der Waals surface area (Å²) in [6, 6.07) is 3.06. The van der Waals surface area contributed by atoms with Gasteiger partial charge >= 0.3 is 5.97 Å². The topological polar surface area (TPSA) is 74.0 Å². The number of nitrogens with zero attached hydrogens (tertiary/aromatic N) is 2. The van der Waals surface area contributed by atoms with Crippen molar-refractivity contribution >= 4 is 17.6 Å². The van der Waals surface area contributed by atoms with E-state index in [0.29, 0.717) is 0 Å². The molecule has 0 saturated carbocycles. The van der Waals surface area contributed by atoms with E-state index in [-0.39, 0.29) is 16.3 Å². The first-order valence-corrected chi connectivity index (χ1v) is 3.32. The third kappa shape index (κ3) is 1.52. The lowest BCUT2D eigenvalue weighted by molar-refractivity contribution is 0.0690. The minimum Gasteiger partial charge on any atom is -0.476 e. The summed E-state index contributed by atoms with van der Waals surface area (Å²) in [5.74, 6) is -1.20. The number of aromatic carboxylic acids is 1. The molecule has 1 rings (SSSR count). The molecule has 1 N–H and O–H groups in total. The summed E-state index contributed by atoms with van der Waals surface area (Å²) in [7, 11) is 0. The van der Waals surface area contributed by atoms with Gasteiger partial charge in [0.1, 0.15) is 6.07 Å². The van der Waals surface area contributed by atoms with Crippen LogP contribution in [0, 0.1) is 11.3 Å². The van der Waals surface area contributed by atoms with Crippen LogP contribution in [0.4, 0.5) is 0 Å². The molecule has 12 heavy (non-hydrogen) atoms. The van der Waals surface area contributed by atoms with E-state index < -0.39 is 5.97 Å². The van der Waals surface area contributed by atoms with Crippen molar-refractivity contribution in [2.24, 2.45) is 0 Å². The third-order valence-corrected chi connectivity index (χ3v) is 1.46. The monoisotopic (exact) mass is 182 g/mol. The summed E-state index contributed by atoms with van der Waals surface area (Å²) in [4.78, 5) is 13.9. The van der Waals surface area contributed by atoms with Gasteiger partial charge in [-0.15, -0.1) is 0 Å². The molecule has 5 heteroatoms. The van der Waals surface area contributed by atoms with Gasteiger partial charge in [-0.2, -0.15) is 5.26 Å². The number of hydrogen-bond acceptors (Lipinski definition) is 3. The predicted octanol–water partition coefficient (Wildman–Crippen LogP) is 1.30. The number of carbonyl (C=O) groups is 1. The molecule has 0 aliphatic rings. The highest BCUT2D eigenvalue weighted by atomic mass is 35.5. The van der Waals surface area contributed by atoms with E-state index in [4.69, 9.17) is 22.0 Å². The van der Waals surface area contributed by atoms with Gasteiger partial charge in [-0.3, -0.25) is 0 Å². The van der Waals surface area contributed by atoms with Crippen LogP contribution in [0.3, 0.4) is 0 Å². The van der Waals surface area contributed by atoms with Gasteiger partial charge < -0.3 is 5.11 Å². The Balaban J connectivity index is 3.23. The molecule has 0 atom stereocenters. The molecule has 0 aliphatic carbocycles. The van der Waals surface area contributed by atoms with Gasteiger partial charge in [-0.05, 0) is 6.07 Å². The maximum atomic E-state index is 10.4. The Labute approximate surface area is 73.0 Å². The minimum absolute atomic E-state index is 0.0263. The van der Waals surface area contributed by atoms with Crippen molar-refractivity contribution in [2.75, 3.05) is 0 Å². The predicted molar refractivity (Wildman–Crippen MR) is 40.9 cm³/mol. The summed E-state index contributed by atoms with van der Waals surface area (Å²) < 4.78 is 0. The highest BCUT2D eigenvalue weighted by molar-refractivity contribution is 6.33. The Morgan fingerprint density at radius 3 is 2.83 bits per heavy atom. The number of aromatic nitrogens is 1. The summed E-state index contributed by atoms with van der Waals surface area (Å²) >= 11 is 5.51. The molecule has 0 bridgehead atoms. The van der Waals surface area contributed by atoms with Crippen LogP contribution < -0.4 is 0 Å². The van der Waals surface area contributed by atoms with Gasteiger partial charge in [-0.1, -0.05) is 11.6 Å². The number of hydrogen-bond donors (Lipinski definition) is 1. The molecule has 0 unspecified atom stereocenters. The second-order valence-corrected chi connectivity index (χ2v) is 2.38. The van der Waals surface area contributed by atoms with Gasteiger partial charge in [0.2, 0.25) is 0 Å². The molecule has 1 heterocycles. The number of halogens is 1. The van der Waals surface area contributed by atoms with Crippen LogP contribution in [-0.2, 0) is 0 Å².